The van der Waals surface area contributed by atoms with Crippen molar-refractivity contribution in [3.8, 4) is 0 Å². The Balaban J connectivity index is 2.00. The molecule has 0 heterocycles. The molecule has 2 aromatic rings. The molecular weight excluding hydrogens is 403 g/mol. The van der Waals surface area contributed by atoms with E-state index in [-0.39, 0.29) is 10.7 Å². The van der Waals surface area contributed by atoms with E-state index in [1.165, 1.54) is 12.1 Å². The Kier molecular flexibility index (Phi) is 7.97. The van der Waals surface area contributed by atoms with Crippen LogP contribution in [0.2, 0.25) is 0 Å². The Morgan fingerprint density at radius 3 is 2.40 bits per heavy atom. The molecule has 0 bridgehead atoms. The van der Waals surface area contributed by atoms with Gasteiger partial charge in [-0.25, -0.2) is 17.5 Å². The minimum Gasteiger partial charge on any atom is -0.356 e. The molecule has 0 saturated heterocycles. The average molecular weight is 435 g/mol. The number of nitrogens with zero attached hydrogens (tertiary/aromatic N) is 1. The average Bonchev–Trinajstić information content (AvgIpc) is 2.64. The lowest BCUT2D eigenvalue weighted by Crippen LogP contribution is -2.41. The van der Waals surface area contributed by atoms with Crippen molar-refractivity contribution >= 4 is 16.0 Å². The van der Waals surface area contributed by atoms with Crippen LogP contribution in [0.25, 0.3) is 0 Å². The quantitative estimate of drug-likeness (QED) is 0.462. The molecule has 0 unspecified atom stereocenters. The van der Waals surface area contributed by atoms with Crippen LogP contribution in [0.15, 0.2) is 52.4 Å². The molecule has 0 fully saturated rings. The maximum absolute atomic E-state index is 13.2. The molecule has 30 heavy (non-hydrogen) atoms. The fourth-order valence-corrected chi connectivity index (χ4v) is 4.68. The van der Waals surface area contributed by atoms with Crippen LogP contribution in [0.5, 0.6) is 0 Å². The van der Waals surface area contributed by atoms with E-state index in [9.17, 15) is 12.8 Å². The second-order valence-electron chi connectivity index (χ2n) is 8.14. The van der Waals surface area contributed by atoms with Gasteiger partial charge in [0.25, 0.3) is 0 Å². The second-order valence-corrected chi connectivity index (χ2v) is 9.79. The predicted octanol–water partition coefficient (Wildman–Crippen LogP) is 3.12. The summed E-state index contributed by atoms with van der Waals surface area (Å²) < 4.78 is 41.4. The van der Waals surface area contributed by atoms with Crippen molar-refractivity contribution in [1.29, 1.82) is 0 Å². The molecule has 0 aliphatic carbocycles. The van der Waals surface area contributed by atoms with E-state index in [4.69, 9.17) is 0 Å². The molecule has 0 atom stereocenters. The lowest BCUT2D eigenvalue weighted by atomic mass is 10.1. The van der Waals surface area contributed by atoms with E-state index in [0.29, 0.717) is 31.0 Å². The first-order chi connectivity index (χ1) is 14.0. The van der Waals surface area contributed by atoms with Gasteiger partial charge in [0.05, 0.1) is 4.90 Å². The van der Waals surface area contributed by atoms with Crippen molar-refractivity contribution in [2.24, 2.45) is 4.99 Å². The summed E-state index contributed by atoms with van der Waals surface area (Å²) in [6, 6.07) is 11.6. The van der Waals surface area contributed by atoms with Crippen LogP contribution in [0, 0.1) is 12.7 Å². The van der Waals surface area contributed by atoms with Crippen LogP contribution < -0.4 is 15.4 Å². The molecule has 8 heteroatoms. The maximum atomic E-state index is 13.2. The summed E-state index contributed by atoms with van der Waals surface area (Å²) in [5.41, 5.74) is 2.04. The molecule has 164 valence electrons. The number of nitrogens with one attached hydrogen (secondary N) is 3. The van der Waals surface area contributed by atoms with E-state index < -0.39 is 15.6 Å². The van der Waals surface area contributed by atoms with Gasteiger partial charge in [-0.15, -0.1) is 0 Å². The van der Waals surface area contributed by atoms with Crippen molar-refractivity contribution in [2.75, 3.05) is 13.6 Å². The van der Waals surface area contributed by atoms with Gasteiger partial charge in [0.2, 0.25) is 10.0 Å². The lowest BCUT2D eigenvalue weighted by Gasteiger charge is -2.22. The van der Waals surface area contributed by atoms with Crippen molar-refractivity contribution in [1.82, 2.24) is 15.4 Å². The van der Waals surface area contributed by atoms with E-state index in [1.807, 2.05) is 6.92 Å². The Labute approximate surface area is 179 Å². The number of benzene rings is 2. The largest absolute Gasteiger partial charge is 0.356 e. The highest BCUT2D eigenvalue weighted by Crippen LogP contribution is 2.17. The van der Waals surface area contributed by atoms with Crippen molar-refractivity contribution < 1.29 is 12.8 Å². The number of guanidine groups is 1. The SMILES string of the molecule is CN=C(NCCc1ccc(F)cc1C)NCc1ccccc1S(=O)(=O)NC(C)(C)C. The Morgan fingerprint density at radius 1 is 1.07 bits per heavy atom. The van der Waals surface area contributed by atoms with Crippen molar-refractivity contribution in [2.45, 2.75) is 51.1 Å². The monoisotopic (exact) mass is 434 g/mol. The summed E-state index contributed by atoms with van der Waals surface area (Å²) in [5, 5.41) is 6.36. The van der Waals surface area contributed by atoms with Crippen molar-refractivity contribution in [3.05, 3.63) is 65.0 Å². The van der Waals surface area contributed by atoms with Gasteiger partial charge in [0.15, 0.2) is 5.96 Å². The third-order valence-electron chi connectivity index (χ3n) is 4.36. The first kappa shape index (κ1) is 23.8. The minimum absolute atomic E-state index is 0.240. The van der Waals surface area contributed by atoms with Gasteiger partial charge in [0.1, 0.15) is 5.82 Å². The fourth-order valence-electron chi connectivity index (χ4n) is 3.03. The predicted molar refractivity (Wildman–Crippen MR) is 120 cm³/mol. The van der Waals surface area contributed by atoms with Gasteiger partial charge in [-0.2, -0.15) is 0 Å². The second kappa shape index (κ2) is 10.0. The van der Waals surface area contributed by atoms with Gasteiger partial charge in [-0.3, -0.25) is 4.99 Å². The summed E-state index contributed by atoms with van der Waals surface area (Å²) in [4.78, 5) is 4.43. The topological polar surface area (TPSA) is 82.6 Å². The standard InChI is InChI=1S/C22H31FN4O2S/c1-16-14-19(23)11-10-17(16)12-13-25-21(24-5)26-15-18-8-6-7-9-20(18)30(28,29)27-22(2,3)4/h6-11,14,27H,12-13,15H2,1-5H3,(H2,24,25,26). The van der Waals surface area contributed by atoms with Gasteiger partial charge in [-0.1, -0.05) is 24.3 Å². The molecule has 0 aromatic heterocycles. The number of hydrogen-bond acceptors (Lipinski definition) is 3. The highest BCUT2D eigenvalue weighted by Gasteiger charge is 2.24. The summed E-state index contributed by atoms with van der Waals surface area (Å²) in [7, 11) is -1.99. The summed E-state index contributed by atoms with van der Waals surface area (Å²) >= 11 is 0. The molecular formula is C22H31FN4O2S. The number of aryl methyl sites for hydroxylation is 1. The number of aliphatic imine (C=N–C) groups is 1. The van der Waals surface area contributed by atoms with Crippen LogP contribution in [0.4, 0.5) is 4.39 Å². The Morgan fingerprint density at radius 2 is 1.77 bits per heavy atom. The molecule has 6 nitrogen and oxygen atoms in total. The normalized spacial score (nSPS) is 12.7. The van der Waals surface area contributed by atoms with E-state index in [2.05, 4.69) is 20.3 Å². The molecule has 0 spiro atoms. The summed E-state index contributed by atoms with van der Waals surface area (Å²) in [6.45, 7) is 8.21. The van der Waals surface area contributed by atoms with Crippen LogP contribution in [0.3, 0.4) is 0 Å². The zero-order valence-corrected chi connectivity index (χ0v) is 19.0. The van der Waals surface area contributed by atoms with Crippen LogP contribution >= 0.6 is 0 Å². The molecule has 3 N–H and O–H groups in total. The third-order valence-corrected chi connectivity index (χ3v) is 6.22. The van der Waals surface area contributed by atoms with Gasteiger partial charge in [0, 0.05) is 25.7 Å². The van der Waals surface area contributed by atoms with Crippen LogP contribution in [-0.4, -0.2) is 33.5 Å². The van der Waals surface area contributed by atoms with E-state index in [1.54, 1.807) is 58.2 Å². The fraction of sp³-hybridized carbons (Fsp3) is 0.409. The molecule has 0 aliphatic rings. The highest BCUT2D eigenvalue weighted by atomic mass is 32.2. The maximum Gasteiger partial charge on any atom is 0.241 e. The van der Waals surface area contributed by atoms with Crippen molar-refractivity contribution in [3.63, 3.8) is 0 Å². The molecule has 0 amide bonds. The summed E-state index contributed by atoms with van der Waals surface area (Å²) in [6.07, 6.45) is 0.716. The lowest BCUT2D eigenvalue weighted by molar-refractivity contribution is 0.491. The van der Waals surface area contributed by atoms with E-state index in [0.717, 1.165) is 11.1 Å². The number of rotatable bonds is 7. The summed E-state index contributed by atoms with van der Waals surface area (Å²) in [5.74, 6) is 0.321. The Bertz CT molecular complexity index is 998. The van der Waals surface area contributed by atoms with Gasteiger partial charge in [-0.05, 0) is 69.0 Å². The zero-order chi connectivity index (χ0) is 22.4. The van der Waals surface area contributed by atoms with Crippen LogP contribution in [0.1, 0.15) is 37.5 Å². The molecule has 2 aromatic carbocycles. The molecule has 0 radical (unpaired) electrons. The molecule has 2 rings (SSSR count). The number of hydrogen-bond donors (Lipinski definition) is 3. The van der Waals surface area contributed by atoms with Gasteiger partial charge >= 0.3 is 0 Å². The first-order valence-corrected chi connectivity index (χ1v) is 11.3. The molecule has 0 aliphatic heterocycles. The third kappa shape index (κ3) is 7.11. The van der Waals surface area contributed by atoms with Gasteiger partial charge < -0.3 is 10.6 Å². The van der Waals surface area contributed by atoms with Crippen LogP contribution in [-0.2, 0) is 23.0 Å². The minimum atomic E-state index is -3.65. The highest BCUT2D eigenvalue weighted by molar-refractivity contribution is 7.89. The Hall–Kier alpha value is -2.45. The first-order valence-electron chi connectivity index (χ1n) is 9.83. The zero-order valence-electron chi connectivity index (χ0n) is 18.2. The number of sulfonamides is 1. The number of halogens is 1. The smallest absolute Gasteiger partial charge is 0.241 e. The van der Waals surface area contributed by atoms with E-state index >= 15 is 0 Å². The molecule has 0 saturated carbocycles.